The van der Waals surface area contributed by atoms with Crippen molar-refractivity contribution in [3.05, 3.63) is 16.5 Å². The van der Waals surface area contributed by atoms with E-state index in [1.165, 1.54) is 15.3 Å². The van der Waals surface area contributed by atoms with E-state index in [1.54, 1.807) is 13.0 Å². The van der Waals surface area contributed by atoms with Gasteiger partial charge in [-0.3, -0.25) is 0 Å². The molecular formula is C11H15ClN2O4S2. The summed E-state index contributed by atoms with van der Waals surface area (Å²) in [5, 5.41) is 0. The minimum atomic E-state index is -3.51. The number of nitrogens with zero attached hydrogens (tertiary/aromatic N) is 2. The number of thiophene rings is 1. The van der Waals surface area contributed by atoms with Crippen LogP contribution in [0.1, 0.15) is 6.92 Å². The third-order valence-electron chi connectivity index (χ3n) is 2.91. The van der Waals surface area contributed by atoms with Crippen LogP contribution in [0.2, 0.25) is 4.34 Å². The maximum Gasteiger partial charge on any atom is 0.409 e. The molecule has 0 unspecified atom stereocenters. The summed E-state index contributed by atoms with van der Waals surface area (Å²) in [6.45, 7) is 3.23. The molecule has 0 spiro atoms. The Morgan fingerprint density at radius 1 is 1.35 bits per heavy atom. The predicted octanol–water partition coefficient (Wildman–Crippen LogP) is 1.86. The smallest absolute Gasteiger partial charge is 0.409 e. The van der Waals surface area contributed by atoms with Crippen molar-refractivity contribution in [1.82, 2.24) is 9.21 Å². The second kappa shape index (κ2) is 6.30. The van der Waals surface area contributed by atoms with Gasteiger partial charge in [0.15, 0.2) is 0 Å². The van der Waals surface area contributed by atoms with Crippen LogP contribution < -0.4 is 0 Å². The molecule has 0 bridgehead atoms. The first-order valence-electron chi connectivity index (χ1n) is 6.12. The summed E-state index contributed by atoms with van der Waals surface area (Å²) in [6, 6.07) is 3.06. The second-order valence-electron chi connectivity index (χ2n) is 4.15. The van der Waals surface area contributed by atoms with Crippen LogP contribution in [0, 0.1) is 0 Å². The first kappa shape index (κ1) is 15.6. The van der Waals surface area contributed by atoms with Gasteiger partial charge in [-0.05, 0) is 19.1 Å². The van der Waals surface area contributed by atoms with Crippen LogP contribution in [0.5, 0.6) is 0 Å². The highest BCUT2D eigenvalue weighted by Crippen LogP contribution is 2.28. The Morgan fingerprint density at radius 2 is 2.00 bits per heavy atom. The molecule has 1 aromatic heterocycles. The zero-order chi connectivity index (χ0) is 14.8. The van der Waals surface area contributed by atoms with Gasteiger partial charge in [0, 0.05) is 26.2 Å². The van der Waals surface area contributed by atoms with Crippen molar-refractivity contribution in [2.75, 3.05) is 32.8 Å². The lowest BCUT2D eigenvalue weighted by molar-refractivity contribution is 0.0934. The summed E-state index contributed by atoms with van der Waals surface area (Å²) in [4.78, 5) is 13.1. The molecule has 0 aliphatic carbocycles. The Hall–Kier alpha value is -0.830. The third kappa shape index (κ3) is 3.25. The van der Waals surface area contributed by atoms with Gasteiger partial charge in [0.05, 0.1) is 10.9 Å². The van der Waals surface area contributed by atoms with Crippen LogP contribution in [0.25, 0.3) is 0 Å². The summed E-state index contributed by atoms with van der Waals surface area (Å²) in [6.07, 6.45) is -0.399. The quantitative estimate of drug-likeness (QED) is 0.843. The molecule has 6 nitrogen and oxygen atoms in total. The summed E-state index contributed by atoms with van der Waals surface area (Å²) in [7, 11) is -3.51. The van der Waals surface area contributed by atoms with Crippen LogP contribution >= 0.6 is 22.9 Å². The summed E-state index contributed by atoms with van der Waals surface area (Å²) in [5.74, 6) is 0. The van der Waals surface area contributed by atoms with Gasteiger partial charge in [-0.25, -0.2) is 13.2 Å². The highest BCUT2D eigenvalue weighted by Gasteiger charge is 2.31. The summed E-state index contributed by atoms with van der Waals surface area (Å²) in [5.41, 5.74) is 0. The van der Waals surface area contributed by atoms with Crippen molar-refractivity contribution >= 4 is 39.1 Å². The zero-order valence-electron chi connectivity index (χ0n) is 10.9. The fourth-order valence-electron chi connectivity index (χ4n) is 1.89. The molecule has 0 atom stereocenters. The SMILES string of the molecule is CCOC(=O)N1CCN(S(=O)(=O)c2ccc(Cl)s2)CC1. The van der Waals surface area contributed by atoms with Gasteiger partial charge < -0.3 is 9.64 Å². The molecule has 1 aliphatic rings. The van der Waals surface area contributed by atoms with E-state index in [9.17, 15) is 13.2 Å². The van der Waals surface area contributed by atoms with E-state index in [1.807, 2.05) is 0 Å². The predicted molar refractivity (Wildman–Crippen MR) is 76.7 cm³/mol. The number of hydrogen-bond donors (Lipinski definition) is 0. The van der Waals surface area contributed by atoms with Crippen LogP contribution in [-0.4, -0.2) is 56.5 Å². The van der Waals surface area contributed by atoms with Crippen LogP contribution in [-0.2, 0) is 14.8 Å². The van der Waals surface area contributed by atoms with E-state index < -0.39 is 16.1 Å². The normalized spacial score (nSPS) is 17.2. The lowest BCUT2D eigenvalue weighted by atomic mass is 10.4. The molecule has 1 aliphatic heterocycles. The van der Waals surface area contributed by atoms with Crippen LogP contribution in [0.15, 0.2) is 16.3 Å². The number of amides is 1. The molecule has 9 heteroatoms. The van der Waals surface area contributed by atoms with Gasteiger partial charge in [0.1, 0.15) is 4.21 Å². The van der Waals surface area contributed by atoms with E-state index >= 15 is 0 Å². The molecule has 1 fully saturated rings. The second-order valence-corrected chi connectivity index (χ2v) is 8.03. The van der Waals surface area contributed by atoms with Crippen LogP contribution in [0.3, 0.4) is 0 Å². The van der Waals surface area contributed by atoms with E-state index in [2.05, 4.69) is 0 Å². The maximum atomic E-state index is 12.3. The molecule has 20 heavy (non-hydrogen) atoms. The third-order valence-corrected chi connectivity index (χ3v) is 6.50. The summed E-state index contributed by atoms with van der Waals surface area (Å²) < 4.78 is 31.6. The minimum Gasteiger partial charge on any atom is -0.450 e. The molecule has 0 aromatic carbocycles. The van der Waals surface area contributed by atoms with Gasteiger partial charge in [-0.15, -0.1) is 11.3 Å². The first-order valence-corrected chi connectivity index (χ1v) is 8.76. The molecule has 2 rings (SSSR count). The minimum absolute atomic E-state index is 0.229. The number of halogens is 1. The van der Waals surface area contributed by atoms with Crippen molar-refractivity contribution in [1.29, 1.82) is 0 Å². The lowest BCUT2D eigenvalue weighted by Gasteiger charge is -2.32. The lowest BCUT2D eigenvalue weighted by Crippen LogP contribution is -2.50. The number of rotatable bonds is 3. The molecule has 1 amide bonds. The highest BCUT2D eigenvalue weighted by atomic mass is 35.5. The monoisotopic (exact) mass is 338 g/mol. The number of sulfonamides is 1. The Balaban J connectivity index is 2.02. The van der Waals surface area contributed by atoms with Gasteiger partial charge >= 0.3 is 6.09 Å². The average Bonchev–Trinajstić information content (AvgIpc) is 2.86. The molecule has 0 radical (unpaired) electrons. The molecule has 1 saturated heterocycles. The van der Waals surface area contributed by atoms with Crippen molar-refractivity contribution < 1.29 is 17.9 Å². The number of carbonyl (C=O) groups is 1. The van der Waals surface area contributed by atoms with Gasteiger partial charge in [0.2, 0.25) is 0 Å². The maximum absolute atomic E-state index is 12.3. The van der Waals surface area contributed by atoms with Gasteiger partial charge in [0.25, 0.3) is 10.0 Å². The first-order chi connectivity index (χ1) is 9.45. The average molecular weight is 339 g/mol. The standard InChI is InChI=1S/C11H15ClN2O4S2/c1-2-18-11(15)13-5-7-14(8-6-13)20(16,17)10-4-3-9(12)19-10/h3-4H,2,5-8H2,1H3. The van der Waals surface area contributed by atoms with Gasteiger partial charge in [-0.2, -0.15) is 4.31 Å². The van der Waals surface area contributed by atoms with E-state index in [4.69, 9.17) is 16.3 Å². The molecule has 0 N–H and O–H groups in total. The van der Waals surface area contributed by atoms with E-state index in [0.29, 0.717) is 24.0 Å². The van der Waals surface area contributed by atoms with E-state index in [-0.39, 0.29) is 17.3 Å². The fraction of sp³-hybridized carbons (Fsp3) is 0.545. The number of piperazine rings is 1. The molecular weight excluding hydrogens is 324 g/mol. The topological polar surface area (TPSA) is 66.9 Å². The van der Waals surface area contributed by atoms with Crippen molar-refractivity contribution in [2.24, 2.45) is 0 Å². The van der Waals surface area contributed by atoms with Gasteiger partial charge in [-0.1, -0.05) is 11.6 Å². The van der Waals surface area contributed by atoms with Crippen LogP contribution in [0.4, 0.5) is 4.79 Å². The zero-order valence-corrected chi connectivity index (χ0v) is 13.3. The Labute approximate surface area is 126 Å². The van der Waals surface area contributed by atoms with Crippen molar-refractivity contribution in [2.45, 2.75) is 11.1 Å². The Bertz CT molecular complexity index is 579. The summed E-state index contributed by atoms with van der Waals surface area (Å²) >= 11 is 6.81. The molecule has 1 aromatic rings. The van der Waals surface area contributed by atoms with E-state index in [0.717, 1.165) is 11.3 Å². The fourth-order valence-corrected chi connectivity index (χ4v) is 4.95. The van der Waals surface area contributed by atoms with Crippen molar-refractivity contribution in [3.63, 3.8) is 0 Å². The van der Waals surface area contributed by atoms with Crippen molar-refractivity contribution in [3.8, 4) is 0 Å². The molecule has 2 heterocycles. The molecule has 112 valence electrons. The Kier molecular flexibility index (Phi) is 4.90. The largest absolute Gasteiger partial charge is 0.450 e. The highest BCUT2D eigenvalue weighted by molar-refractivity contribution is 7.91. The number of carbonyl (C=O) groups excluding carboxylic acids is 1. The number of ether oxygens (including phenoxy) is 1. The Morgan fingerprint density at radius 3 is 2.50 bits per heavy atom. The molecule has 0 saturated carbocycles. The number of hydrogen-bond acceptors (Lipinski definition) is 5.